The minimum absolute atomic E-state index is 0.331. The van der Waals surface area contributed by atoms with Crippen LogP contribution < -0.4 is 0 Å². The summed E-state index contributed by atoms with van der Waals surface area (Å²) in [6.45, 7) is 3.43. The van der Waals surface area contributed by atoms with Crippen LogP contribution in [0.3, 0.4) is 0 Å². The topological polar surface area (TPSA) is 60.7 Å². The van der Waals surface area contributed by atoms with Crippen molar-refractivity contribution in [3.8, 4) is 0 Å². The predicted octanol–water partition coefficient (Wildman–Crippen LogP) is -0.728. The van der Waals surface area contributed by atoms with Gasteiger partial charge >= 0.3 is 0 Å². The summed E-state index contributed by atoms with van der Waals surface area (Å²) in [6.07, 6.45) is -1.81. The van der Waals surface area contributed by atoms with Gasteiger partial charge in [-0.3, -0.25) is 0 Å². The van der Waals surface area contributed by atoms with Crippen molar-refractivity contribution in [1.29, 1.82) is 0 Å². The molecule has 1 unspecified atom stereocenters. The summed E-state index contributed by atoms with van der Waals surface area (Å²) in [4.78, 5) is 0. The lowest BCUT2D eigenvalue weighted by molar-refractivity contribution is -0.123. The van der Waals surface area contributed by atoms with Crippen LogP contribution in [0.15, 0.2) is 0 Å². The summed E-state index contributed by atoms with van der Waals surface area (Å²) in [6, 6.07) is 0. The zero-order valence-corrected chi connectivity index (χ0v) is 4.62. The van der Waals surface area contributed by atoms with Gasteiger partial charge in [-0.1, -0.05) is 13.3 Å². The second kappa shape index (κ2) is 3.83. The van der Waals surface area contributed by atoms with E-state index in [1.807, 2.05) is 0 Å². The largest absolute Gasteiger partial charge is 0.388 e. The molecule has 3 nitrogen and oxygen atoms in total. The molecule has 1 radical (unpaired) electrons. The Morgan fingerprint density at radius 1 is 1.25 bits per heavy atom. The lowest BCUT2D eigenvalue weighted by atomic mass is 10.2. The minimum atomic E-state index is -1.61. The van der Waals surface area contributed by atoms with Gasteiger partial charge in [0.05, 0.1) is 0 Å². The maximum absolute atomic E-state index is 8.59. The van der Waals surface area contributed by atoms with Gasteiger partial charge in [-0.15, -0.1) is 0 Å². The van der Waals surface area contributed by atoms with Gasteiger partial charge in [-0.2, -0.15) is 0 Å². The summed E-state index contributed by atoms with van der Waals surface area (Å²) >= 11 is 0. The van der Waals surface area contributed by atoms with Gasteiger partial charge in [0.1, 0.15) is 6.10 Å². The highest BCUT2D eigenvalue weighted by Crippen LogP contribution is 1.97. The van der Waals surface area contributed by atoms with Gasteiger partial charge in [-0.05, 0) is 6.42 Å². The molecule has 0 saturated heterocycles. The van der Waals surface area contributed by atoms with Gasteiger partial charge in [0.2, 0.25) is 0 Å². The Morgan fingerprint density at radius 3 is 1.88 bits per heavy atom. The molecule has 0 bridgehead atoms. The van der Waals surface area contributed by atoms with Crippen molar-refractivity contribution in [1.82, 2.24) is 0 Å². The first kappa shape index (κ1) is 7.88. The quantitative estimate of drug-likeness (QED) is 0.429. The first-order chi connectivity index (χ1) is 3.68. The second-order valence-corrected chi connectivity index (χ2v) is 1.62. The molecule has 3 N–H and O–H groups in total. The Hall–Kier alpha value is -0.120. The van der Waals surface area contributed by atoms with E-state index in [2.05, 4.69) is 6.92 Å². The van der Waals surface area contributed by atoms with Crippen LogP contribution in [-0.4, -0.2) is 27.7 Å². The molecular weight excluding hydrogens is 108 g/mol. The third-order valence-electron chi connectivity index (χ3n) is 0.844. The van der Waals surface area contributed by atoms with E-state index >= 15 is 0 Å². The van der Waals surface area contributed by atoms with Crippen molar-refractivity contribution in [2.24, 2.45) is 0 Å². The number of aliphatic hydroxyl groups is 3. The van der Waals surface area contributed by atoms with Crippen LogP contribution in [0.1, 0.15) is 12.8 Å². The molecule has 0 aromatic heterocycles. The van der Waals surface area contributed by atoms with E-state index in [0.717, 1.165) is 0 Å². The fourth-order valence-corrected chi connectivity index (χ4v) is 0.358. The van der Waals surface area contributed by atoms with E-state index in [9.17, 15) is 0 Å². The van der Waals surface area contributed by atoms with Crippen LogP contribution in [0.25, 0.3) is 0 Å². The number of rotatable bonds is 3. The Kier molecular flexibility index (Phi) is 3.77. The molecule has 0 rings (SSSR count). The first-order valence-electron chi connectivity index (χ1n) is 2.52. The molecule has 1 atom stereocenters. The highest BCUT2D eigenvalue weighted by atomic mass is 16.5. The van der Waals surface area contributed by atoms with Crippen LogP contribution in [-0.2, 0) is 0 Å². The van der Waals surface area contributed by atoms with Crippen LogP contribution in [0, 0.1) is 6.92 Å². The van der Waals surface area contributed by atoms with E-state index in [1.54, 1.807) is 0 Å². The standard InChI is InChI=1S/C5H11O3/c1-2-3-4(6)5(7)8/h4-8H,1-3H2. The van der Waals surface area contributed by atoms with E-state index in [0.29, 0.717) is 12.8 Å². The molecule has 49 valence electrons. The van der Waals surface area contributed by atoms with Crippen molar-refractivity contribution < 1.29 is 15.3 Å². The smallest absolute Gasteiger partial charge is 0.178 e. The molecule has 0 heterocycles. The lowest BCUT2D eigenvalue weighted by Gasteiger charge is -2.09. The number of aliphatic hydroxyl groups excluding tert-OH is 2. The fourth-order valence-electron chi connectivity index (χ4n) is 0.358. The molecule has 0 aromatic rings. The minimum Gasteiger partial charge on any atom is -0.388 e. The maximum Gasteiger partial charge on any atom is 0.178 e. The summed E-state index contributed by atoms with van der Waals surface area (Å²) < 4.78 is 0. The van der Waals surface area contributed by atoms with Crippen molar-refractivity contribution >= 4 is 0 Å². The molecular formula is C5H11O3. The summed E-state index contributed by atoms with van der Waals surface area (Å²) in [7, 11) is 0. The fraction of sp³-hybridized carbons (Fsp3) is 0.800. The number of hydrogen-bond acceptors (Lipinski definition) is 3. The molecule has 8 heavy (non-hydrogen) atoms. The first-order valence-corrected chi connectivity index (χ1v) is 2.52. The molecule has 3 heteroatoms. The van der Waals surface area contributed by atoms with Gasteiger partial charge in [-0.25, -0.2) is 0 Å². The molecule has 0 aliphatic carbocycles. The Bertz CT molecular complexity index is 53.6. The Balaban J connectivity index is 3.17. The molecule has 0 aliphatic rings. The highest BCUT2D eigenvalue weighted by Gasteiger charge is 2.09. The average molecular weight is 119 g/mol. The summed E-state index contributed by atoms with van der Waals surface area (Å²) in [5.41, 5.74) is 0. The second-order valence-electron chi connectivity index (χ2n) is 1.62. The van der Waals surface area contributed by atoms with Crippen molar-refractivity contribution in [2.75, 3.05) is 0 Å². The zero-order valence-electron chi connectivity index (χ0n) is 4.62. The lowest BCUT2D eigenvalue weighted by Crippen LogP contribution is -2.24. The maximum atomic E-state index is 8.59. The van der Waals surface area contributed by atoms with Crippen LogP contribution in [0.4, 0.5) is 0 Å². The van der Waals surface area contributed by atoms with E-state index < -0.39 is 12.4 Å². The molecule has 0 aliphatic heterocycles. The molecule has 0 spiro atoms. The van der Waals surface area contributed by atoms with Crippen molar-refractivity contribution in [3.63, 3.8) is 0 Å². The number of hydrogen-bond donors (Lipinski definition) is 3. The molecule has 0 fully saturated rings. The Morgan fingerprint density at radius 2 is 1.75 bits per heavy atom. The van der Waals surface area contributed by atoms with E-state index in [1.165, 1.54) is 0 Å². The van der Waals surface area contributed by atoms with Crippen LogP contribution in [0.5, 0.6) is 0 Å². The van der Waals surface area contributed by atoms with Crippen molar-refractivity contribution in [3.05, 3.63) is 6.92 Å². The van der Waals surface area contributed by atoms with Gasteiger partial charge < -0.3 is 15.3 Å². The predicted molar refractivity (Wildman–Crippen MR) is 28.8 cm³/mol. The molecule has 0 saturated carbocycles. The SMILES string of the molecule is [CH2]CCC(O)C(O)O. The highest BCUT2D eigenvalue weighted by molar-refractivity contribution is 4.56. The van der Waals surface area contributed by atoms with Gasteiger partial charge in [0.25, 0.3) is 0 Å². The third-order valence-corrected chi connectivity index (χ3v) is 0.844. The molecule has 0 aromatic carbocycles. The van der Waals surface area contributed by atoms with Crippen LogP contribution >= 0.6 is 0 Å². The molecule has 0 amide bonds. The van der Waals surface area contributed by atoms with Gasteiger partial charge in [0, 0.05) is 0 Å². The summed E-state index contributed by atoms with van der Waals surface area (Å²) in [5, 5.41) is 25.0. The zero-order chi connectivity index (χ0) is 6.57. The Labute approximate surface area is 48.6 Å². The summed E-state index contributed by atoms with van der Waals surface area (Å²) in [5.74, 6) is 0. The third kappa shape index (κ3) is 2.96. The van der Waals surface area contributed by atoms with Crippen LogP contribution in [0.2, 0.25) is 0 Å². The van der Waals surface area contributed by atoms with Gasteiger partial charge in [0.15, 0.2) is 6.29 Å². The average Bonchev–Trinajstić information content (AvgIpc) is 1.67. The van der Waals surface area contributed by atoms with Crippen molar-refractivity contribution in [2.45, 2.75) is 25.2 Å². The monoisotopic (exact) mass is 119 g/mol. The van der Waals surface area contributed by atoms with E-state index in [4.69, 9.17) is 15.3 Å². The normalized spacial score (nSPS) is 14.6. The van der Waals surface area contributed by atoms with E-state index in [-0.39, 0.29) is 0 Å².